The summed E-state index contributed by atoms with van der Waals surface area (Å²) in [5.74, 6) is 3.66. The summed E-state index contributed by atoms with van der Waals surface area (Å²) in [7, 11) is 1.63. The summed E-state index contributed by atoms with van der Waals surface area (Å²) in [4.78, 5) is 10.7. The van der Waals surface area contributed by atoms with Gasteiger partial charge in [0.1, 0.15) is 6.33 Å². The lowest BCUT2D eigenvalue weighted by atomic mass is 9.93. The van der Waals surface area contributed by atoms with Gasteiger partial charge in [-0.25, -0.2) is 9.97 Å². The maximum absolute atomic E-state index is 5.84. The van der Waals surface area contributed by atoms with Crippen molar-refractivity contribution in [1.29, 1.82) is 0 Å². The van der Waals surface area contributed by atoms with Crippen LogP contribution in [0.15, 0.2) is 6.33 Å². The van der Waals surface area contributed by atoms with Crippen molar-refractivity contribution in [2.45, 2.75) is 25.7 Å². The van der Waals surface area contributed by atoms with Crippen LogP contribution in [-0.4, -0.2) is 30.2 Å². The Morgan fingerprint density at radius 3 is 2.83 bits per heavy atom. The van der Waals surface area contributed by atoms with Crippen LogP contribution in [0, 0.1) is 11.8 Å². The zero-order valence-corrected chi connectivity index (χ0v) is 10.8. The van der Waals surface area contributed by atoms with E-state index < -0.39 is 0 Å². The maximum atomic E-state index is 5.84. The molecule has 2 N–H and O–H groups in total. The number of anilines is 2. The predicted molar refractivity (Wildman–Crippen MR) is 70.7 cm³/mol. The number of nitrogens with two attached hydrogens (primary N) is 1. The smallest absolute Gasteiger partial charge is 0.204 e. The highest BCUT2D eigenvalue weighted by atomic mass is 16.5. The molecule has 1 saturated heterocycles. The van der Waals surface area contributed by atoms with Crippen molar-refractivity contribution in [3.8, 4) is 5.75 Å². The van der Waals surface area contributed by atoms with Crippen molar-refractivity contribution in [2.75, 3.05) is 30.8 Å². The summed E-state index contributed by atoms with van der Waals surface area (Å²) in [5.41, 5.74) is 5.84. The van der Waals surface area contributed by atoms with Gasteiger partial charge in [-0.05, 0) is 37.5 Å². The van der Waals surface area contributed by atoms with E-state index in [2.05, 4.69) is 14.9 Å². The Hall–Kier alpha value is -1.52. The van der Waals surface area contributed by atoms with Crippen molar-refractivity contribution < 1.29 is 4.74 Å². The quantitative estimate of drug-likeness (QED) is 0.882. The third-order valence-electron chi connectivity index (χ3n) is 4.06. The average Bonchev–Trinajstić information content (AvgIpc) is 3.23. The first kappa shape index (κ1) is 11.6. The first-order chi connectivity index (χ1) is 8.79. The van der Waals surface area contributed by atoms with Crippen LogP contribution in [0.3, 0.4) is 0 Å². The number of ether oxygens (including phenoxy) is 1. The molecule has 18 heavy (non-hydrogen) atoms. The van der Waals surface area contributed by atoms with Gasteiger partial charge in [0.05, 0.1) is 7.11 Å². The third kappa shape index (κ3) is 2.09. The Morgan fingerprint density at radius 2 is 2.11 bits per heavy atom. The summed E-state index contributed by atoms with van der Waals surface area (Å²) in [6.07, 6.45) is 6.91. The highest BCUT2D eigenvalue weighted by molar-refractivity contribution is 5.62. The van der Waals surface area contributed by atoms with E-state index >= 15 is 0 Å². The van der Waals surface area contributed by atoms with Crippen molar-refractivity contribution in [3.63, 3.8) is 0 Å². The number of piperidine rings is 1. The fourth-order valence-corrected chi connectivity index (χ4v) is 2.95. The number of aromatic nitrogens is 2. The van der Waals surface area contributed by atoms with Crippen LogP contribution in [0.4, 0.5) is 11.6 Å². The van der Waals surface area contributed by atoms with E-state index in [9.17, 15) is 0 Å². The standard InChI is InChI=1S/C13H20N4O/c1-18-11-12(14)15-8-16-13(11)17-6-2-3-10(7-17)9-4-5-9/h8-10H,2-7H2,1H3,(H2,14,15,16). The number of nitrogen functional groups attached to an aromatic ring is 1. The molecule has 3 rings (SSSR count). The molecular formula is C13H20N4O. The lowest BCUT2D eigenvalue weighted by Gasteiger charge is -2.34. The molecule has 1 saturated carbocycles. The molecule has 0 bridgehead atoms. The molecule has 1 aromatic rings. The summed E-state index contributed by atoms with van der Waals surface area (Å²) in [5, 5.41) is 0. The summed E-state index contributed by atoms with van der Waals surface area (Å²) < 4.78 is 5.35. The Balaban J connectivity index is 1.82. The summed E-state index contributed by atoms with van der Waals surface area (Å²) in [6.45, 7) is 2.12. The lowest BCUT2D eigenvalue weighted by Crippen LogP contribution is -2.37. The van der Waals surface area contributed by atoms with Gasteiger partial charge in [0, 0.05) is 13.1 Å². The van der Waals surface area contributed by atoms with E-state index in [1.807, 2.05) is 0 Å². The zero-order chi connectivity index (χ0) is 12.5. The topological polar surface area (TPSA) is 64.3 Å². The fraction of sp³-hybridized carbons (Fsp3) is 0.692. The van der Waals surface area contributed by atoms with Crippen molar-refractivity contribution >= 4 is 11.6 Å². The Bertz CT molecular complexity index is 433. The van der Waals surface area contributed by atoms with E-state index in [-0.39, 0.29) is 0 Å². The molecule has 2 heterocycles. The van der Waals surface area contributed by atoms with Gasteiger partial charge >= 0.3 is 0 Å². The Kier molecular flexibility index (Phi) is 2.97. The SMILES string of the molecule is COc1c(N)ncnc1N1CCCC(C2CC2)C1. The minimum absolute atomic E-state index is 0.427. The molecule has 0 aromatic carbocycles. The molecule has 1 atom stereocenters. The molecule has 1 aromatic heterocycles. The van der Waals surface area contributed by atoms with Crippen LogP contribution in [0.1, 0.15) is 25.7 Å². The van der Waals surface area contributed by atoms with Gasteiger partial charge in [-0.15, -0.1) is 0 Å². The number of hydrogen-bond acceptors (Lipinski definition) is 5. The second-order valence-corrected chi connectivity index (χ2v) is 5.30. The van der Waals surface area contributed by atoms with Crippen LogP contribution in [-0.2, 0) is 0 Å². The van der Waals surface area contributed by atoms with Gasteiger partial charge in [-0.2, -0.15) is 0 Å². The van der Waals surface area contributed by atoms with Crippen LogP contribution in [0.25, 0.3) is 0 Å². The Labute approximate surface area is 107 Å². The number of rotatable bonds is 3. The van der Waals surface area contributed by atoms with Gasteiger partial charge in [-0.1, -0.05) is 0 Å². The number of nitrogens with zero attached hydrogens (tertiary/aromatic N) is 3. The molecule has 5 nitrogen and oxygen atoms in total. The largest absolute Gasteiger partial charge is 0.490 e. The molecule has 0 spiro atoms. The Morgan fingerprint density at radius 1 is 1.28 bits per heavy atom. The van der Waals surface area contributed by atoms with Gasteiger partial charge in [0.15, 0.2) is 11.6 Å². The molecule has 2 aliphatic rings. The van der Waals surface area contributed by atoms with E-state index in [4.69, 9.17) is 10.5 Å². The minimum atomic E-state index is 0.427. The van der Waals surface area contributed by atoms with Crippen LogP contribution in [0.2, 0.25) is 0 Å². The zero-order valence-electron chi connectivity index (χ0n) is 10.8. The molecule has 98 valence electrons. The minimum Gasteiger partial charge on any atom is -0.490 e. The van der Waals surface area contributed by atoms with Crippen LogP contribution >= 0.6 is 0 Å². The lowest BCUT2D eigenvalue weighted by molar-refractivity contribution is 0.364. The molecule has 1 unspecified atom stereocenters. The highest BCUT2D eigenvalue weighted by Crippen LogP contribution is 2.42. The fourth-order valence-electron chi connectivity index (χ4n) is 2.95. The molecule has 0 amide bonds. The normalized spacial score (nSPS) is 24.1. The molecular weight excluding hydrogens is 228 g/mol. The average molecular weight is 248 g/mol. The highest BCUT2D eigenvalue weighted by Gasteiger charge is 2.35. The molecule has 2 fully saturated rings. The summed E-state index contributed by atoms with van der Waals surface area (Å²) >= 11 is 0. The molecule has 1 aliphatic heterocycles. The molecule has 1 aliphatic carbocycles. The number of methoxy groups -OCH3 is 1. The second-order valence-electron chi connectivity index (χ2n) is 5.30. The number of hydrogen-bond donors (Lipinski definition) is 1. The van der Waals surface area contributed by atoms with Gasteiger partial charge in [-0.3, -0.25) is 0 Å². The first-order valence-electron chi connectivity index (χ1n) is 6.69. The molecule has 5 heteroatoms. The van der Waals surface area contributed by atoms with Crippen molar-refractivity contribution in [3.05, 3.63) is 6.33 Å². The third-order valence-corrected chi connectivity index (χ3v) is 4.06. The van der Waals surface area contributed by atoms with Crippen LogP contribution in [0.5, 0.6) is 5.75 Å². The first-order valence-corrected chi connectivity index (χ1v) is 6.69. The monoisotopic (exact) mass is 248 g/mol. The van der Waals surface area contributed by atoms with Gasteiger partial charge in [0.25, 0.3) is 0 Å². The van der Waals surface area contributed by atoms with E-state index in [1.54, 1.807) is 7.11 Å². The predicted octanol–water partition coefficient (Wildman–Crippen LogP) is 1.69. The van der Waals surface area contributed by atoms with Gasteiger partial charge in [0.2, 0.25) is 5.75 Å². The van der Waals surface area contributed by atoms with E-state index in [1.165, 1.54) is 32.0 Å². The second kappa shape index (κ2) is 4.63. The molecule has 0 radical (unpaired) electrons. The van der Waals surface area contributed by atoms with Crippen molar-refractivity contribution in [1.82, 2.24) is 9.97 Å². The van der Waals surface area contributed by atoms with Crippen LogP contribution < -0.4 is 15.4 Å². The summed E-state index contributed by atoms with van der Waals surface area (Å²) in [6, 6.07) is 0. The van der Waals surface area contributed by atoms with Gasteiger partial charge < -0.3 is 15.4 Å². The maximum Gasteiger partial charge on any atom is 0.204 e. The van der Waals surface area contributed by atoms with Crippen molar-refractivity contribution in [2.24, 2.45) is 11.8 Å². The van der Waals surface area contributed by atoms with E-state index in [0.717, 1.165) is 30.7 Å². The van der Waals surface area contributed by atoms with E-state index in [0.29, 0.717) is 11.6 Å².